The number of rotatable bonds is 5. The van der Waals surface area contributed by atoms with Crippen LogP contribution >= 0.6 is 0 Å². The van der Waals surface area contributed by atoms with Gasteiger partial charge >= 0.3 is 5.97 Å². The van der Waals surface area contributed by atoms with Crippen LogP contribution in [0.15, 0.2) is 43.0 Å². The number of hydrogen-bond donors (Lipinski definition) is 1. The quantitative estimate of drug-likeness (QED) is 0.535. The highest BCUT2D eigenvalue weighted by molar-refractivity contribution is 5.81. The SMILES string of the molecule is C=CC(=O)OCCc1c(C(C)(C)C)cc(-n2nc3ccccc3n2)c(O)c1C. The molecule has 0 aliphatic heterocycles. The lowest BCUT2D eigenvalue weighted by Gasteiger charge is -2.26. The number of benzene rings is 2. The fraction of sp³-hybridized carbons (Fsp3) is 0.318. The molecule has 1 heterocycles. The van der Waals surface area contributed by atoms with E-state index in [1.165, 1.54) is 4.80 Å². The number of esters is 1. The third kappa shape index (κ3) is 3.76. The van der Waals surface area contributed by atoms with Crippen molar-refractivity contribution >= 4 is 17.0 Å². The number of phenolic OH excluding ortho intramolecular Hbond substituents is 1. The number of carbonyl (C=O) groups is 1. The van der Waals surface area contributed by atoms with Gasteiger partial charge in [0.2, 0.25) is 0 Å². The Morgan fingerprint density at radius 3 is 2.39 bits per heavy atom. The summed E-state index contributed by atoms with van der Waals surface area (Å²) >= 11 is 0. The Morgan fingerprint density at radius 2 is 1.86 bits per heavy atom. The maximum absolute atomic E-state index is 11.4. The molecule has 3 rings (SSSR count). The summed E-state index contributed by atoms with van der Waals surface area (Å²) in [6.45, 7) is 11.8. The second-order valence-corrected chi connectivity index (χ2v) is 7.75. The fourth-order valence-corrected chi connectivity index (χ4v) is 3.25. The van der Waals surface area contributed by atoms with Crippen LogP contribution < -0.4 is 0 Å². The Morgan fingerprint density at radius 1 is 1.25 bits per heavy atom. The van der Waals surface area contributed by atoms with Crippen molar-refractivity contribution in [2.45, 2.75) is 39.5 Å². The molecule has 0 unspecified atom stereocenters. The van der Waals surface area contributed by atoms with Crippen molar-refractivity contribution in [3.8, 4) is 11.4 Å². The molecule has 0 aliphatic rings. The van der Waals surface area contributed by atoms with E-state index in [1.54, 1.807) is 0 Å². The Kier molecular flexibility index (Phi) is 5.23. The van der Waals surface area contributed by atoms with Crippen molar-refractivity contribution in [2.75, 3.05) is 6.61 Å². The maximum Gasteiger partial charge on any atom is 0.330 e. The summed E-state index contributed by atoms with van der Waals surface area (Å²) in [5.74, 6) is -0.332. The van der Waals surface area contributed by atoms with Gasteiger partial charge in [0.1, 0.15) is 22.5 Å². The van der Waals surface area contributed by atoms with E-state index < -0.39 is 5.97 Å². The second-order valence-electron chi connectivity index (χ2n) is 7.75. The number of hydrogen-bond acceptors (Lipinski definition) is 5. The fourth-order valence-electron chi connectivity index (χ4n) is 3.25. The summed E-state index contributed by atoms with van der Waals surface area (Å²) in [6, 6.07) is 9.50. The number of phenols is 1. The zero-order valence-electron chi connectivity index (χ0n) is 16.7. The molecular weight excluding hydrogens is 354 g/mol. The highest BCUT2D eigenvalue weighted by Gasteiger charge is 2.24. The van der Waals surface area contributed by atoms with Gasteiger partial charge in [0, 0.05) is 12.5 Å². The molecule has 0 radical (unpaired) electrons. The van der Waals surface area contributed by atoms with Crippen molar-refractivity contribution in [2.24, 2.45) is 0 Å². The van der Waals surface area contributed by atoms with Crippen LogP contribution in [0.5, 0.6) is 5.75 Å². The Bertz CT molecular complexity index is 1010. The topological polar surface area (TPSA) is 77.2 Å². The van der Waals surface area contributed by atoms with Gasteiger partial charge in [-0.3, -0.25) is 0 Å². The molecule has 0 saturated carbocycles. The van der Waals surface area contributed by atoms with E-state index in [0.717, 1.165) is 33.8 Å². The first-order valence-corrected chi connectivity index (χ1v) is 9.20. The summed E-state index contributed by atoms with van der Waals surface area (Å²) in [6.07, 6.45) is 1.65. The minimum atomic E-state index is -0.455. The minimum absolute atomic E-state index is 0.123. The standard InChI is InChI=1S/C22H25N3O3/c1-6-20(26)28-12-11-15-14(2)21(27)19(13-16(15)22(3,4)5)25-23-17-9-7-8-10-18(17)24-25/h6-10,13,27H,1,11-12H2,2-5H3. The van der Waals surface area contributed by atoms with E-state index in [-0.39, 0.29) is 17.8 Å². The first-order chi connectivity index (χ1) is 13.2. The zero-order chi connectivity index (χ0) is 20.5. The lowest BCUT2D eigenvalue weighted by atomic mass is 9.80. The van der Waals surface area contributed by atoms with Crippen molar-refractivity contribution < 1.29 is 14.6 Å². The number of aromatic hydroxyl groups is 1. The van der Waals surface area contributed by atoms with Gasteiger partial charge in [0.15, 0.2) is 0 Å². The zero-order valence-corrected chi connectivity index (χ0v) is 16.7. The third-order valence-corrected chi connectivity index (χ3v) is 4.73. The lowest BCUT2D eigenvalue weighted by Crippen LogP contribution is -2.18. The van der Waals surface area contributed by atoms with E-state index in [2.05, 4.69) is 37.5 Å². The number of aromatic nitrogens is 3. The van der Waals surface area contributed by atoms with Crippen molar-refractivity contribution in [1.29, 1.82) is 0 Å². The normalized spacial score (nSPS) is 11.6. The molecule has 28 heavy (non-hydrogen) atoms. The molecule has 0 bridgehead atoms. The van der Waals surface area contributed by atoms with E-state index in [4.69, 9.17) is 4.74 Å². The predicted octanol–water partition coefficient (Wildman–Crippen LogP) is 4.00. The molecule has 0 aliphatic carbocycles. The van der Waals surface area contributed by atoms with Crippen LogP contribution in [0.25, 0.3) is 16.7 Å². The molecule has 0 fully saturated rings. The Balaban J connectivity index is 2.09. The number of ether oxygens (including phenoxy) is 1. The Hall–Kier alpha value is -3.15. The molecule has 1 N–H and O–H groups in total. The number of fused-ring (bicyclic) bond motifs is 1. The summed E-state index contributed by atoms with van der Waals surface area (Å²) < 4.78 is 5.14. The largest absolute Gasteiger partial charge is 0.505 e. The van der Waals surface area contributed by atoms with Crippen LogP contribution in [0.2, 0.25) is 0 Å². The van der Waals surface area contributed by atoms with E-state index in [0.29, 0.717) is 12.1 Å². The lowest BCUT2D eigenvalue weighted by molar-refractivity contribution is -0.137. The van der Waals surface area contributed by atoms with Gasteiger partial charge < -0.3 is 9.84 Å². The number of nitrogens with zero attached hydrogens (tertiary/aromatic N) is 3. The molecule has 0 spiro atoms. The monoisotopic (exact) mass is 379 g/mol. The van der Waals surface area contributed by atoms with E-state index in [9.17, 15) is 9.90 Å². The van der Waals surface area contributed by atoms with Crippen LogP contribution in [0.4, 0.5) is 0 Å². The van der Waals surface area contributed by atoms with E-state index in [1.807, 2.05) is 37.3 Å². The summed E-state index contributed by atoms with van der Waals surface area (Å²) in [5.41, 5.74) is 4.62. The van der Waals surface area contributed by atoms with Crippen LogP contribution in [-0.4, -0.2) is 32.7 Å². The van der Waals surface area contributed by atoms with Crippen molar-refractivity contribution in [3.05, 3.63) is 59.7 Å². The summed E-state index contributed by atoms with van der Waals surface area (Å²) in [5, 5.41) is 19.9. The second kappa shape index (κ2) is 7.46. The Labute approximate surface area is 164 Å². The van der Waals surface area contributed by atoms with Gasteiger partial charge in [-0.25, -0.2) is 4.79 Å². The van der Waals surface area contributed by atoms with Gasteiger partial charge in [0.05, 0.1) is 6.61 Å². The predicted molar refractivity (Wildman–Crippen MR) is 109 cm³/mol. The van der Waals surface area contributed by atoms with Gasteiger partial charge in [-0.05, 0) is 47.2 Å². The van der Waals surface area contributed by atoms with Crippen LogP contribution in [0, 0.1) is 6.92 Å². The number of carbonyl (C=O) groups excluding carboxylic acids is 1. The van der Waals surface area contributed by atoms with E-state index >= 15 is 0 Å². The highest BCUT2D eigenvalue weighted by atomic mass is 16.5. The van der Waals surface area contributed by atoms with Gasteiger partial charge in [0.25, 0.3) is 0 Å². The molecule has 1 aromatic heterocycles. The van der Waals surface area contributed by atoms with Gasteiger partial charge in [-0.2, -0.15) is 0 Å². The first-order valence-electron chi connectivity index (χ1n) is 9.20. The van der Waals surface area contributed by atoms with Crippen LogP contribution in [0.1, 0.15) is 37.5 Å². The van der Waals surface area contributed by atoms with Crippen LogP contribution in [0.3, 0.4) is 0 Å². The molecule has 3 aromatic rings. The summed E-state index contributed by atoms with van der Waals surface area (Å²) in [4.78, 5) is 12.8. The molecule has 0 atom stereocenters. The average Bonchev–Trinajstić information content (AvgIpc) is 3.07. The minimum Gasteiger partial charge on any atom is -0.505 e. The smallest absolute Gasteiger partial charge is 0.330 e. The molecule has 6 nitrogen and oxygen atoms in total. The molecule has 2 aromatic carbocycles. The van der Waals surface area contributed by atoms with Gasteiger partial charge in [-0.1, -0.05) is 39.5 Å². The third-order valence-electron chi connectivity index (χ3n) is 4.73. The van der Waals surface area contributed by atoms with Crippen molar-refractivity contribution in [3.63, 3.8) is 0 Å². The van der Waals surface area contributed by atoms with Gasteiger partial charge in [-0.15, -0.1) is 15.0 Å². The average molecular weight is 379 g/mol. The maximum atomic E-state index is 11.4. The molecular formula is C22H25N3O3. The highest BCUT2D eigenvalue weighted by Crippen LogP contribution is 2.37. The molecule has 146 valence electrons. The molecule has 0 amide bonds. The van der Waals surface area contributed by atoms with Crippen LogP contribution in [-0.2, 0) is 21.4 Å². The molecule has 6 heteroatoms. The molecule has 0 saturated heterocycles. The first kappa shape index (κ1) is 19.6. The summed E-state index contributed by atoms with van der Waals surface area (Å²) in [7, 11) is 0. The van der Waals surface area contributed by atoms with Crippen molar-refractivity contribution in [1.82, 2.24) is 15.0 Å².